The lowest BCUT2D eigenvalue weighted by Crippen LogP contribution is -3.00. The van der Waals surface area contributed by atoms with Crippen molar-refractivity contribution in [3.05, 3.63) is 81.5 Å². The third-order valence-electron chi connectivity index (χ3n) is 3.94. The highest BCUT2D eigenvalue weighted by molar-refractivity contribution is 6.35. The van der Waals surface area contributed by atoms with E-state index in [9.17, 15) is 4.79 Å². The van der Waals surface area contributed by atoms with Crippen molar-refractivity contribution in [3.63, 3.8) is 0 Å². The molecule has 2 N–H and O–H groups in total. The first-order valence-corrected chi connectivity index (χ1v) is 8.85. The van der Waals surface area contributed by atoms with Crippen molar-refractivity contribution in [2.75, 3.05) is 6.54 Å². The van der Waals surface area contributed by atoms with Crippen LogP contribution in [0.1, 0.15) is 21.7 Å². The molecule has 0 spiro atoms. The summed E-state index contributed by atoms with van der Waals surface area (Å²) in [7, 11) is 0. The highest BCUT2D eigenvalue weighted by atomic mass is 35.5. The van der Waals surface area contributed by atoms with Gasteiger partial charge in [-0.2, -0.15) is 0 Å². The van der Waals surface area contributed by atoms with Gasteiger partial charge in [0.1, 0.15) is 11.5 Å². The minimum atomic E-state index is -0.957. The van der Waals surface area contributed by atoms with Gasteiger partial charge >= 0.3 is 5.97 Å². The summed E-state index contributed by atoms with van der Waals surface area (Å²) in [5.41, 5.74) is 2.01. The highest BCUT2D eigenvalue weighted by Crippen LogP contribution is 2.24. The van der Waals surface area contributed by atoms with Gasteiger partial charge in [-0.1, -0.05) is 41.4 Å². The fourth-order valence-electron chi connectivity index (χ4n) is 2.59. The molecule has 142 valence electrons. The van der Waals surface area contributed by atoms with E-state index in [2.05, 4.69) is 5.32 Å². The first-order valence-electron chi connectivity index (χ1n) is 8.10. The average molecular weight is 426 g/mol. The van der Waals surface area contributed by atoms with Gasteiger partial charge in [0.25, 0.3) is 0 Å². The molecular weight excluding hydrogens is 409 g/mol. The van der Waals surface area contributed by atoms with Crippen LogP contribution in [-0.4, -0.2) is 17.6 Å². The molecule has 0 radical (unpaired) electrons. The van der Waals surface area contributed by atoms with Crippen molar-refractivity contribution < 1.29 is 26.7 Å². The molecule has 0 saturated carbocycles. The van der Waals surface area contributed by atoms with Crippen LogP contribution >= 0.6 is 23.2 Å². The fraction of sp³-hybridized carbons (Fsp3) is 0.150. The van der Waals surface area contributed by atoms with E-state index in [1.807, 2.05) is 30.3 Å². The highest BCUT2D eigenvalue weighted by Gasteiger charge is 2.08. The maximum absolute atomic E-state index is 11.1. The Balaban J connectivity index is 0.00000261. The normalized spacial score (nSPS) is 10.4. The van der Waals surface area contributed by atoms with Crippen LogP contribution in [0.4, 0.5) is 0 Å². The zero-order valence-electron chi connectivity index (χ0n) is 14.2. The van der Waals surface area contributed by atoms with E-state index in [-0.39, 0.29) is 18.0 Å². The summed E-state index contributed by atoms with van der Waals surface area (Å²) in [6, 6.07) is 15.9. The first kappa shape index (κ1) is 21.3. The average Bonchev–Trinajstić information content (AvgIpc) is 3.09. The Morgan fingerprint density at radius 1 is 1.07 bits per heavy atom. The number of aromatic carboxylic acids is 1. The van der Waals surface area contributed by atoms with Gasteiger partial charge in [0.15, 0.2) is 0 Å². The van der Waals surface area contributed by atoms with Crippen molar-refractivity contribution in [1.29, 1.82) is 0 Å². The van der Waals surface area contributed by atoms with Crippen molar-refractivity contribution in [1.82, 2.24) is 5.32 Å². The Labute approximate surface area is 173 Å². The quantitative estimate of drug-likeness (QED) is 0.570. The van der Waals surface area contributed by atoms with Crippen LogP contribution in [0.2, 0.25) is 10.0 Å². The zero-order valence-corrected chi connectivity index (χ0v) is 16.5. The smallest absolute Gasteiger partial charge is 0.335 e. The first-order chi connectivity index (χ1) is 12.5. The Bertz CT molecular complexity index is 924. The van der Waals surface area contributed by atoms with E-state index in [1.54, 1.807) is 24.3 Å². The molecule has 7 heteroatoms. The summed E-state index contributed by atoms with van der Waals surface area (Å²) in [6.07, 6.45) is 0.782. The number of carboxylic acid groups (broad SMARTS) is 1. The predicted molar refractivity (Wildman–Crippen MR) is 103 cm³/mol. The van der Waals surface area contributed by atoms with E-state index >= 15 is 0 Å². The third kappa shape index (κ3) is 5.75. The number of rotatable bonds is 7. The number of hydrogen-bond donors (Lipinski definition) is 2. The molecule has 1 aromatic heterocycles. The van der Waals surface area contributed by atoms with Gasteiger partial charge in [0.2, 0.25) is 0 Å². The molecule has 0 aliphatic carbocycles. The summed E-state index contributed by atoms with van der Waals surface area (Å²) >= 11 is 12.1. The summed E-state index contributed by atoms with van der Waals surface area (Å²) in [4.78, 5) is 11.1. The number of benzene rings is 2. The molecule has 0 atom stereocenters. The molecule has 3 aromatic rings. The second-order valence-electron chi connectivity index (χ2n) is 5.81. The second kappa shape index (κ2) is 9.81. The van der Waals surface area contributed by atoms with Gasteiger partial charge in [0.05, 0.1) is 12.1 Å². The molecule has 0 amide bonds. The van der Waals surface area contributed by atoms with Crippen LogP contribution < -0.4 is 17.7 Å². The summed E-state index contributed by atoms with van der Waals surface area (Å²) in [6.45, 7) is 1.32. The van der Waals surface area contributed by atoms with E-state index in [4.69, 9.17) is 32.7 Å². The van der Waals surface area contributed by atoms with E-state index in [0.29, 0.717) is 22.4 Å². The molecule has 0 aliphatic rings. The van der Waals surface area contributed by atoms with Crippen molar-refractivity contribution >= 4 is 29.2 Å². The molecule has 0 bridgehead atoms. The monoisotopic (exact) mass is 424 g/mol. The van der Waals surface area contributed by atoms with Crippen LogP contribution in [0.5, 0.6) is 0 Å². The Morgan fingerprint density at radius 3 is 2.63 bits per heavy atom. The molecule has 0 aliphatic heterocycles. The van der Waals surface area contributed by atoms with Gasteiger partial charge in [-0.15, -0.1) is 0 Å². The number of carbonyl (C=O) groups is 1. The minimum absolute atomic E-state index is 0. The Hall–Kier alpha value is -1.98. The third-order valence-corrected chi connectivity index (χ3v) is 4.53. The van der Waals surface area contributed by atoms with Crippen LogP contribution in [0.15, 0.2) is 59.0 Å². The summed E-state index contributed by atoms with van der Waals surface area (Å²) in [5.74, 6) is 0.467. The van der Waals surface area contributed by atoms with Crippen molar-refractivity contribution in [2.24, 2.45) is 0 Å². The SMILES string of the molecule is O=C(O)c1cccc(-c2ccc(CNCCc3ccc(Cl)cc3Cl)o2)c1.[Cl-]. The molecular formula is C20H17Cl3NO3-. The molecule has 0 fully saturated rings. The van der Waals surface area contributed by atoms with Crippen LogP contribution in [0.3, 0.4) is 0 Å². The van der Waals surface area contributed by atoms with E-state index < -0.39 is 5.97 Å². The fourth-order valence-corrected chi connectivity index (χ4v) is 3.10. The number of carboxylic acids is 1. The lowest BCUT2D eigenvalue weighted by molar-refractivity contribution is -0.0000211. The van der Waals surface area contributed by atoms with Crippen molar-refractivity contribution in [3.8, 4) is 11.3 Å². The van der Waals surface area contributed by atoms with Gasteiger partial charge in [-0.3, -0.25) is 0 Å². The summed E-state index contributed by atoms with van der Waals surface area (Å²) in [5, 5.41) is 13.7. The summed E-state index contributed by atoms with van der Waals surface area (Å²) < 4.78 is 5.80. The molecule has 0 unspecified atom stereocenters. The standard InChI is InChI=1S/C20H17Cl2NO3.ClH/c21-16-5-4-13(18(22)11-16)8-9-23-12-17-6-7-19(26-17)14-2-1-3-15(10-14)20(24)25;/h1-7,10-11,23H,8-9,12H2,(H,24,25);1H/p-1. The molecule has 2 aromatic carbocycles. The van der Waals surface area contributed by atoms with Gasteiger partial charge in [-0.25, -0.2) is 4.79 Å². The lowest BCUT2D eigenvalue weighted by atomic mass is 10.1. The molecule has 4 nitrogen and oxygen atoms in total. The van der Waals surface area contributed by atoms with Crippen LogP contribution in [0.25, 0.3) is 11.3 Å². The number of halogens is 3. The Morgan fingerprint density at radius 2 is 1.89 bits per heavy atom. The van der Waals surface area contributed by atoms with Crippen LogP contribution in [-0.2, 0) is 13.0 Å². The molecule has 3 rings (SSSR count). The number of hydrogen-bond acceptors (Lipinski definition) is 3. The van der Waals surface area contributed by atoms with Crippen LogP contribution in [0, 0.1) is 0 Å². The predicted octanol–water partition coefficient (Wildman–Crippen LogP) is 2.29. The lowest BCUT2D eigenvalue weighted by Gasteiger charge is -2.06. The van der Waals surface area contributed by atoms with E-state index in [0.717, 1.165) is 29.9 Å². The maximum Gasteiger partial charge on any atom is 0.335 e. The van der Waals surface area contributed by atoms with Gasteiger partial charge in [-0.05, 0) is 54.9 Å². The maximum atomic E-state index is 11.1. The van der Waals surface area contributed by atoms with Crippen molar-refractivity contribution in [2.45, 2.75) is 13.0 Å². The largest absolute Gasteiger partial charge is 1.00 e. The number of nitrogens with one attached hydrogen (secondary N) is 1. The zero-order chi connectivity index (χ0) is 18.5. The minimum Gasteiger partial charge on any atom is -1.00 e. The molecule has 27 heavy (non-hydrogen) atoms. The number of furan rings is 1. The van der Waals surface area contributed by atoms with Gasteiger partial charge in [0, 0.05) is 15.6 Å². The van der Waals surface area contributed by atoms with Gasteiger partial charge < -0.3 is 27.2 Å². The Kier molecular flexibility index (Phi) is 7.75. The molecule has 1 heterocycles. The van der Waals surface area contributed by atoms with E-state index in [1.165, 1.54) is 0 Å². The second-order valence-corrected chi connectivity index (χ2v) is 6.66. The topological polar surface area (TPSA) is 62.5 Å². The molecule has 0 saturated heterocycles.